The Morgan fingerprint density at radius 3 is 2.42 bits per heavy atom. The van der Waals surface area contributed by atoms with Crippen molar-refractivity contribution in [3.05, 3.63) is 105 Å². The third-order valence-corrected chi connectivity index (χ3v) is 6.15. The number of hydrogen-bond acceptors (Lipinski definition) is 5. The second kappa shape index (κ2) is 9.60. The van der Waals surface area contributed by atoms with E-state index in [0.29, 0.717) is 22.4 Å². The van der Waals surface area contributed by atoms with E-state index in [1.54, 1.807) is 42.5 Å². The van der Waals surface area contributed by atoms with Gasteiger partial charge in [0.2, 0.25) is 0 Å². The summed E-state index contributed by atoms with van der Waals surface area (Å²) in [6.07, 6.45) is 1.59. The van der Waals surface area contributed by atoms with Gasteiger partial charge in [0.25, 0.3) is 11.1 Å². The lowest BCUT2D eigenvalue weighted by Crippen LogP contribution is -2.27. The second-order valence-electron chi connectivity index (χ2n) is 7.33. The number of amides is 2. The van der Waals surface area contributed by atoms with E-state index in [-0.39, 0.29) is 16.5 Å². The topological polar surface area (TPSA) is 63.7 Å². The van der Waals surface area contributed by atoms with Gasteiger partial charge in [-0.05, 0) is 72.3 Å². The highest BCUT2D eigenvalue weighted by molar-refractivity contribution is 8.18. The lowest BCUT2D eigenvalue weighted by Gasteiger charge is -2.13. The average Bonchev–Trinajstić information content (AvgIpc) is 3.04. The molecule has 166 valence electrons. The zero-order valence-electron chi connectivity index (χ0n) is 17.4. The number of halogens is 2. The number of imide groups is 1. The smallest absolute Gasteiger partial charge is 0.343 e. The molecule has 0 radical (unpaired) electrons. The van der Waals surface area contributed by atoms with Crippen molar-refractivity contribution in [2.45, 2.75) is 13.5 Å². The van der Waals surface area contributed by atoms with E-state index in [9.17, 15) is 18.8 Å². The van der Waals surface area contributed by atoms with Gasteiger partial charge in [-0.1, -0.05) is 47.5 Å². The van der Waals surface area contributed by atoms with Gasteiger partial charge in [0, 0.05) is 5.02 Å². The van der Waals surface area contributed by atoms with E-state index < -0.39 is 22.9 Å². The molecule has 4 rings (SSSR count). The summed E-state index contributed by atoms with van der Waals surface area (Å²) in [6.45, 7) is 1.88. The summed E-state index contributed by atoms with van der Waals surface area (Å²) in [4.78, 5) is 38.6. The molecule has 33 heavy (non-hydrogen) atoms. The van der Waals surface area contributed by atoms with Gasteiger partial charge in [-0.3, -0.25) is 14.5 Å². The van der Waals surface area contributed by atoms with Gasteiger partial charge in [-0.15, -0.1) is 0 Å². The molecule has 5 nitrogen and oxygen atoms in total. The van der Waals surface area contributed by atoms with Crippen molar-refractivity contribution in [1.82, 2.24) is 4.90 Å². The van der Waals surface area contributed by atoms with E-state index >= 15 is 0 Å². The van der Waals surface area contributed by atoms with Crippen molar-refractivity contribution in [3.63, 3.8) is 0 Å². The fourth-order valence-electron chi connectivity index (χ4n) is 3.10. The third kappa shape index (κ3) is 5.32. The molecule has 3 aromatic rings. The molecule has 1 heterocycles. The first-order chi connectivity index (χ1) is 15.8. The molecule has 2 amide bonds. The van der Waals surface area contributed by atoms with Crippen LogP contribution in [0, 0.1) is 12.7 Å². The Hall–Kier alpha value is -3.42. The minimum Gasteiger partial charge on any atom is -0.423 e. The summed E-state index contributed by atoms with van der Waals surface area (Å²) >= 11 is 6.83. The number of aryl methyl sites for hydroxylation is 1. The van der Waals surface area contributed by atoms with Gasteiger partial charge in [-0.2, -0.15) is 0 Å². The molecule has 1 saturated heterocycles. The van der Waals surface area contributed by atoms with Crippen LogP contribution in [0.25, 0.3) is 6.08 Å². The van der Waals surface area contributed by atoms with Crippen LogP contribution in [-0.2, 0) is 11.3 Å². The molecule has 0 N–H and O–H groups in total. The molecule has 0 bridgehead atoms. The quantitative estimate of drug-likeness (QED) is 0.245. The van der Waals surface area contributed by atoms with Crippen molar-refractivity contribution in [3.8, 4) is 5.75 Å². The highest BCUT2D eigenvalue weighted by Crippen LogP contribution is 2.34. The predicted molar refractivity (Wildman–Crippen MR) is 126 cm³/mol. The minimum absolute atomic E-state index is 0.0466. The fraction of sp³-hybridized carbons (Fsp3) is 0.0800. The largest absolute Gasteiger partial charge is 0.423 e. The van der Waals surface area contributed by atoms with Crippen molar-refractivity contribution >= 4 is 46.6 Å². The summed E-state index contributed by atoms with van der Waals surface area (Å²) < 4.78 is 18.6. The number of thioether (sulfide) groups is 1. The molecule has 0 spiro atoms. The molecular weight excluding hydrogens is 465 g/mol. The Morgan fingerprint density at radius 2 is 1.76 bits per heavy atom. The SMILES string of the molecule is Cc1ccc(C(=O)Oc2ccc(/C=C3\SC(=O)N(Cc4ccc(F)cc4Cl)C3=O)cc2)cc1. The van der Waals surface area contributed by atoms with Crippen molar-refractivity contribution in [1.29, 1.82) is 0 Å². The van der Waals surface area contributed by atoms with Crippen molar-refractivity contribution in [2.75, 3.05) is 0 Å². The number of nitrogens with zero attached hydrogens (tertiary/aromatic N) is 1. The number of carbonyl (C=O) groups excluding carboxylic acids is 3. The van der Waals surface area contributed by atoms with Crippen LogP contribution < -0.4 is 4.74 Å². The van der Waals surface area contributed by atoms with Gasteiger partial charge in [0.15, 0.2) is 0 Å². The maximum atomic E-state index is 13.2. The van der Waals surface area contributed by atoms with Gasteiger partial charge in [0.05, 0.1) is 17.0 Å². The highest BCUT2D eigenvalue weighted by Gasteiger charge is 2.35. The summed E-state index contributed by atoms with van der Waals surface area (Å²) in [5.41, 5.74) is 2.62. The van der Waals surface area contributed by atoms with E-state index in [2.05, 4.69) is 0 Å². The summed E-state index contributed by atoms with van der Waals surface area (Å²) in [7, 11) is 0. The predicted octanol–water partition coefficient (Wildman–Crippen LogP) is 6.24. The van der Waals surface area contributed by atoms with E-state index in [1.165, 1.54) is 12.1 Å². The lowest BCUT2D eigenvalue weighted by molar-refractivity contribution is -0.123. The third-order valence-electron chi connectivity index (χ3n) is 4.89. The van der Waals surface area contributed by atoms with Crippen molar-refractivity contribution in [2.24, 2.45) is 0 Å². The summed E-state index contributed by atoms with van der Waals surface area (Å²) in [5, 5.41) is -0.288. The molecule has 0 atom stereocenters. The Balaban J connectivity index is 1.44. The first kappa shape index (κ1) is 22.8. The van der Waals surface area contributed by atoms with Crippen LogP contribution in [0.2, 0.25) is 5.02 Å². The number of rotatable bonds is 5. The van der Waals surface area contributed by atoms with Crippen LogP contribution in [0.5, 0.6) is 5.75 Å². The monoisotopic (exact) mass is 481 g/mol. The number of hydrogen-bond donors (Lipinski definition) is 0. The van der Waals surface area contributed by atoms with E-state index in [1.807, 2.05) is 19.1 Å². The number of carbonyl (C=O) groups is 3. The van der Waals surface area contributed by atoms with Crippen LogP contribution in [0.4, 0.5) is 9.18 Å². The molecule has 1 fully saturated rings. The van der Waals surface area contributed by atoms with Crippen LogP contribution in [0.1, 0.15) is 27.0 Å². The average molecular weight is 482 g/mol. The van der Waals surface area contributed by atoms with Crippen LogP contribution in [0.3, 0.4) is 0 Å². The fourth-order valence-corrected chi connectivity index (χ4v) is 4.16. The van der Waals surface area contributed by atoms with Crippen LogP contribution in [-0.4, -0.2) is 22.0 Å². The normalized spacial score (nSPS) is 14.8. The molecule has 0 aliphatic carbocycles. The first-order valence-corrected chi connectivity index (χ1v) is 11.1. The molecule has 1 aliphatic heterocycles. The summed E-state index contributed by atoms with van der Waals surface area (Å²) in [6, 6.07) is 17.5. The second-order valence-corrected chi connectivity index (χ2v) is 8.73. The molecule has 1 aliphatic rings. The van der Waals surface area contributed by atoms with Crippen LogP contribution in [0.15, 0.2) is 71.6 Å². The molecular formula is C25H17ClFNO4S. The van der Waals surface area contributed by atoms with Crippen molar-refractivity contribution < 1.29 is 23.5 Å². The lowest BCUT2D eigenvalue weighted by atomic mass is 10.1. The highest BCUT2D eigenvalue weighted by atomic mass is 35.5. The first-order valence-electron chi connectivity index (χ1n) is 9.88. The maximum absolute atomic E-state index is 13.2. The Labute approximate surface area is 198 Å². The van der Waals surface area contributed by atoms with E-state index in [4.69, 9.17) is 16.3 Å². The van der Waals surface area contributed by atoms with E-state index in [0.717, 1.165) is 28.3 Å². The molecule has 3 aromatic carbocycles. The van der Waals surface area contributed by atoms with Crippen LogP contribution >= 0.6 is 23.4 Å². The van der Waals surface area contributed by atoms with Gasteiger partial charge < -0.3 is 4.74 Å². The standard InChI is InChI=1S/C25H17ClFNO4S/c1-15-2-6-17(7-3-15)24(30)32-20-10-4-16(5-11-20)12-22-23(29)28(25(31)33-22)14-18-8-9-19(27)13-21(18)26/h2-13H,14H2,1H3/b22-12-. The number of ether oxygens (including phenoxy) is 1. The Morgan fingerprint density at radius 1 is 1.06 bits per heavy atom. The Kier molecular flexibility index (Phi) is 6.62. The van der Waals surface area contributed by atoms with Gasteiger partial charge in [0.1, 0.15) is 11.6 Å². The molecule has 0 saturated carbocycles. The zero-order chi connectivity index (χ0) is 23.5. The minimum atomic E-state index is -0.495. The Bertz CT molecular complexity index is 1270. The number of esters is 1. The van der Waals surface area contributed by atoms with Gasteiger partial charge >= 0.3 is 5.97 Å². The molecule has 8 heteroatoms. The number of benzene rings is 3. The maximum Gasteiger partial charge on any atom is 0.343 e. The zero-order valence-corrected chi connectivity index (χ0v) is 19.0. The molecule has 0 aromatic heterocycles. The molecule has 0 unspecified atom stereocenters. The summed E-state index contributed by atoms with van der Waals surface area (Å²) in [5.74, 6) is -1.06. The van der Waals surface area contributed by atoms with Gasteiger partial charge in [-0.25, -0.2) is 9.18 Å².